The van der Waals surface area contributed by atoms with E-state index in [1.54, 1.807) is 0 Å². The summed E-state index contributed by atoms with van der Waals surface area (Å²) in [7, 11) is 0. The summed E-state index contributed by atoms with van der Waals surface area (Å²) < 4.78 is 14.2. The van der Waals surface area contributed by atoms with Crippen LogP contribution < -0.4 is 9.47 Å². The minimum absolute atomic E-state index is 0.133. The molecule has 0 spiro atoms. The van der Waals surface area contributed by atoms with Gasteiger partial charge in [0.25, 0.3) is 0 Å². The molecule has 0 bridgehead atoms. The lowest BCUT2D eigenvalue weighted by Gasteiger charge is -2.10. The Morgan fingerprint density at radius 1 is 0.811 bits per heavy atom. The molecule has 0 saturated carbocycles. The molecular formula is C31H29N3O3. The van der Waals surface area contributed by atoms with Gasteiger partial charge in [-0.25, -0.2) is 0 Å². The van der Waals surface area contributed by atoms with Gasteiger partial charge in [0.2, 0.25) is 0 Å². The third kappa shape index (κ3) is 6.41. The highest BCUT2D eigenvalue weighted by Crippen LogP contribution is 2.30. The van der Waals surface area contributed by atoms with Crippen LogP contribution in [0.25, 0.3) is 10.9 Å². The van der Waals surface area contributed by atoms with E-state index in [2.05, 4.69) is 26.9 Å². The van der Waals surface area contributed by atoms with Crippen molar-refractivity contribution in [3.05, 3.63) is 125 Å². The maximum Gasteiger partial charge on any atom is 0.128 e. The SMILES string of the molecule is O=NCc1cn(CCCCc2ccccn2)c2ccc(Oc3ccc(OCc4ccccc4)cc3)cc12. The molecule has 0 aliphatic heterocycles. The molecule has 3 aromatic carbocycles. The quantitative estimate of drug-likeness (QED) is 0.132. The molecule has 6 nitrogen and oxygen atoms in total. The minimum Gasteiger partial charge on any atom is -0.489 e. The van der Waals surface area contributed by atoms with Crippen LogP contribution >= 0.6 is 0 Å². The molecule has 0 fully saturated rings. The van der Waals surface area contributed by atoms with Gasteiger partial charge in [0.1, 0.15) is 30.4 Å². The van der Waals surface area contributed by atoms with Crippen LogP contribution in [-0.2, 0) is 26.1 Å². The summed E-state index contributed by atoms with van der Waals surface area (Å²) >= 11 is 0. The van der Waals surface area contributed by atoms with Crippen molar-refractivity contribution in [1.82, 2.24) is 9.55 Å². The second kappa shape index (κ2) is 12.0. The van der Waals surface area contributed by atoms with E-state index in [9.17, 15) is 4.91 Å². The highest BCUT2D eigenvalue weighted by atomic mass is 16.5. The van der Waals surface area contributed by atoms with Gasteiger partial charge in [-0.3, -0.25) is 4.98 Å². The first-order valence-electron chi connectivity index (χ1n) is 12.5. The monoisotopic (exact) mass is 491 g/mol. The number of aromatic nitrogens is 2. The van der Waals surface area contributed by atoms with Crippen molar-refractivity contribution in [2.75, 3.05) is 0 Å². The third-order valence-corrected chi connectivity index (χ3v) is 6.29. The zero-order chi connectivity index (χ0) is 25.3. The van der Waals surface area contributed by atoms with Crippen LogP contribution in [0.3, 0.4) is 0 Å². The van der Waals surface area contributed by atoms with E-state index < -0.39 is 0 Å². The van der Waals surface area contributed by atoms with Crippen LogP contribution in [0.5, 0.6) is 17.2 Å². The largest absolute Gasteiger partial charge is 0.489 e. The van der Waals surface area contributed by atoms with Gasteiger partial charge < -0.3 is 14.0 Å². The summed E-state index contributed by atoms with van der Waals surface area (Å²) in [5.41, 5.74) is 4.22. The van der Waals surface area contributed by atoms with Crippen LogP contribution in [0.1, 0.15) is 29.7 Å². The zero-order valence-corrected chi connectivity index (χ0v) is 20.6. The Morgan fingerprint density at radius 3 is 2.38 bits per heavy atom. The van der Waals surface area contributed by atoms with E-state index in [0.717, 1.165) is 65.0 Å². The van der Waals surface area contributed by atoms with E-state index in [4.69, 9.17) is 9.47 Å². The van der Waals surface area contributed by atoms with E-state index in [0.29, 0.717) is 12.4 Å². The van der Waals surface area contributed by atoms with Crippen molar-refractivity contribution in [1.29, 1.82) is 0 Å². The van der Waals surface area contributed by atoms with Crippen LogP contribution in [0, 0.1) is 4.91 Å². The van der Waals surface area contributed by atoms with Crippen molar-refractivity contribution in [3.63, 3.8) is 0 Å². The Labute approximate surface area is 216 Å². The highest BCUT2D eigenvalue weighted by Gasteiger charge is 2.11. The normalized spacial score (nSPS) is 10.9. The molecule has 6 heteroatoms. The predicted molar refractivity (Wildman–Crippen MR) is 146 cm³/mol. The molecule has 0 N–H and O–H groups in total. The second-order valence-electron chi connectivity index (χ2n) is 8.94. The Bertz CT molecular complexity index is 1430. The van der Waals surface area contributed by atoms with Gasteiger partial charge >= 0.3 is 0 Å². The summed E-state index contributed by atoms with van der Waals surface area (Å²) in [6.45, 7) is 1.52. The number of nitrogens with zero attached hydrogens (tertiary/aromatic N) is 3. The minimum atomic E-state index is 0.133. The van der Waals surface area contributed by atoms with Crippen LogP contribution in [-0.4, -0.2) is 9.55 Å². The maximum absolute atomic E-state index is 11.1. The summed E-state index contributed by atoms with van der Waals surface area (Å²) in [6.07, 6.45) is 6.89. The number of aryl methyl sites for hydroxylation is 2. The molecule has 0 aliphatic rings. The summed E-state index contributed by atoms with van der Waals surface area (Å²) in [6, 6.07) is 29.7. The summed E-state index contributed by atoms with van der Waals surface area (Å²) in [5.74, 6) is 2.21. The van der Waals surface area contributed by atoms with Gasteiger partial charge in [-0.1, -0.05) is 41.6 Å². The van der Waals surface area contributed by atoms with Crippen LogP contribution in [0.4, 0.5) is 0 Å². The Balaban J connectivity index is 1.23. The van der Waals surface area contributed by atoms with Gasteiger partial charge in [-0.05, 0) is 79.4 Å². The van der Waals surface area contributed by atoms with E-state index in [-0.39, 0.29) is 6.54 Å². The smallest absolute Gasteiger partial charge is 0.128 e. The second-order valence-corrected chi connectivity index (χ2v) is 8.94. The molecule has 0 amide bonds. The Kier molecular flexibility index (Phi) is 7.86. The van der Waals surface area contributed by atoms with Crippen molar-refractivity contribution >= 4 is 10.9 Å². The average molecular weight is 492 g/mol. The number of fused-ring (bicyclic) bond motifs is 1. The third-order valence-electron chi connectivity index (χ3n) is 6.29. The first-order chi connectivity index (χ1) is 18.3. The molecule has 2 aromatic heterocycles. The molecule has 186 valence electrons. The summed E-state index contributed by atoms with van der Waals surface area (Å²) in [4.78, 5) is 15.5. The number of pyridine rings is 1. The Hall–Kier alpha value is -4.45. The highest BCUT2D eigenvalue weighted by molar-refractivity contribution is 5.85. The van der Waals surface area contributed by atoms with Crippen LogP contribution in [0.15, 0.2) is 109 Å². The van der Waals surface area contributed by atoms with Gasteiger partial charge in [0.15, 0.2) is 0 Å². The molecule has 0 saturated heterocycles. The molecule has 5 rings (SSSR count). The number of unbranched alkanes of at least 4 members (excludes halogenated alkanes) is 1. The molecule has 0 atom stereocenters. The lowest BCUT2D eigenvalue weighted by Crippen LogP contribution is -1.98. The molecule has 2 heterocycles. The number of hydrogen-bond acceptors (Lipinski definition) is 5. The Morgan fingerprint density at radius 2 is 1.59 bits per heavy atom. The fourth-order valence-electron chi connectivity index (χ4n) is 4.41. The topological polar surface area (TPSA) is 65.7 Å². The molecule has 0 aliphatic carbocycles. The van der Waals surface area contributed by atoms with E-state index >= 15 is 0 Å². The fourth-order valence-corrected chi connectivity index (χ4v) is 4.41. The van der Waals surface area contributed by atoms with Gasteiger partial charge in [0, 0.05) is 41.1 Å². The van der Waals surface area contributed by atoms with E-state index in [1.165, 1.54) is 0 Å². The first kappa shape index (κ1) is 24.3. The fraction of sp³-hybridized carbons (Fsp3) is 0.194. The van der Waals surface area contributed by atoms with Gasteiger partial charge in [-0.2, -0.15) is 4.91 Å². The molecular weight excluding hydrogens is 462 g/mol. The van der Waals surface area contributed by atoms with Crippen molar-refractivity contribution in [2.24, 2.45) is 5.18 Å². The van der Waals surface area contributed by atoms with Crippen molar-refractivity contribution in [2.45, 2.75) is 39.0 Å². The maximum atomic E-state index is 11.1. The summed E-state index contributed by atoms with van der Waals surface area (Å²) in [5, 5.41) is 4.13. The number of nitroso groups, excluding NO2 is 1. The standard InChI is InChI=1S/C31H29N3O3/c35-33-21-25-22-34(19-7-5-11-26-10-4-6-18-32-26)31-17-16-29(20-30(25)31)37-28-14-12-27(13-15-28)36-23-24-8-2-1-3-9-24/h1-4,6,8-10,12-18,20,22H,5,7,11,19,21,23H2. The van der Waals surface area contributed by atoms with Gasteiger partial charge in [0.05, 0.1) is 0 Å². The lowest BCUT2D eigenvalue weighted by atomic mass is 10.1. The van der Waals surface area contributed by atoms with Gasteiger partial charge in [-0.15, -0.1) is 0 Å². The molecule has 0 radical (unpaired) electrons. The number of hydrogen-bond donors (Lipinski definition) is 0. The first-order valence-corrected chi connectivity index (χ1v) is 12.5. The number of rotatable bonds is 12. The van der Waals surface area contributed by atoms with E-state index in [1.807, 2.05) is 91.3 Å². The molecule has 5 aromatic rings. The number of benzene rings is 3. The van der Waals surface area contributed by atoms with Crippen LogP contribution in [0.2, 0.25) is 0 Å². The zero-order valence-electron chi connectivity index (χ0n) is 20.6. The number of ether oxygens (including phenoxy) is 2. The van der Waals surface area contributed by atoms with Crippen molar-refractivity contribution in [3.8, 4) is 17.2 Å². The predicted octanol–water partition coefficient (Wildman–Crippen LogP) is 7.70. The lowest BCUT2D eigenvalue weighted by molar-refractivity contribution is 0.306. The van der Waals surface area contributed by atoms with Crippen molar-refractivity contribution < 1.29 is 9.47 Å². The average Bonchev–Trinajstić information content (AvgIpc) is 3.28. The molecule has 37 heavy (non-hydrogen) atoms. The molecule has 0 unspecified atom stereocenters.